The van der Waals surface area contributed by atoms with Crippen LogP contribution >= 0.6 is 11.3 Å². The van der Waals surface area contributed by atoms with Crippen LogP contribution in [-0.4, -0.2) is 48.0 Å². The number of likely N-dealkylation sites (N-methyl/N-ethyl adjacent to an activating group) is 1. The molecule has 0 bridgehead atoms. The lowest BCUT2D eigenvalue weighted by Crippen LogP contribution is -2.44. The van der Waals surface area contributed by atoms with Gasteiger partial charge in [-0.15, -0.1) is 0 Å². The van der Waals surface area contributed by atoms with E-state index in [4.69, 9.17) is 0 Å². The number of hydrogen-bond donors (Lipinski definition) is 1. The van der Waals surface area contributed by atoms with Crippen molar-refractivity contribution in [2.24, 2.45) is 0 Å². The molecule has 2 atom stereocenters. The van der Waals surface area contributed by atoms with Gasteiger partial charge in [0, 0.05) is 25.5 Å². The molecule has 0 aliphatic rings. The second kappa shape index (κ2) is 8.80. The summed E-state index contributed by atoms with van der Waals surface area (Å²) in [6.45, 7) is 5.25. The molecule has 0 unspecified atom stereocenters. The van der Waals surface area contributed by atoms with Crippen molar-refractivity contribution in [3.63, 3.8) is 0 Å². The van der Waals surface area contributed by atoms with Crippen molar-refractivity contribution in [2.45, 2.75) is 25.9 Å². The van der Waals surface area contributed by atoms with Gasteiger partial charge in [-0.1, -0.05) is 6.07 Å². The number of carbonyl (C=O) groups is 1. The highest BCUT2D eigenvalue weighted by Crippen LogP contribution is 2.21. The predicted octanol–water partition coefficient (Wildman–Crippen LogP) is 3.54. The standard InChI is InChI=1S/C18H26N4OS/c1-5-22(14(2)15-7-6-9-19-11-15)18(23)20-12-17(21(3)4)16-8-10-24-13-16/h6-11,13-14,17H,5,12H2,1-4H3,(H,20,23)/t14-,17+/m1/s1. The van der Waals surface area contributed by atoms with Crippen LogP contribution in [-0.2, 0) is 0 Å². The van der Waals surface area contributed by atoms with Gasteiger partial charge in [0.15, 0.2) is 0 Å². The Morgan fingerprint density at radius 1 is 1.33 bits per heavy atom. The van der Waals surface area contributed by atoms with Gasteiger partial charge in [-0.2, -0.15) is 11.3 Å². The van der Waals surface area contributed by atoms with Crippen molar-refractivity contribution in [1.82, 2.24) is 20.1 Å². The monoisotopic (exact) mass is 346 g/mol. The van der Waals surface area contributed by atoms with Crippen LogP contribution in [0.15, 0.2) is 41.4 Å². The van der Waals surface area contributed by atoms with Crippen molar-refractivity contribution in [3.8, 4) is 0 Å². The summed E-state index contributed by atoms with van der Waals surface area (Å²) in [6, 6.07) is 6.13. The van der Waals surface area contributed by atoms with Crippen molar-refractivity contribution in [2.75, 3.05) is 27.2 Å². The summed E-state index contributed by atoms with van der Waals surface area (Å²) in [7, 11) is 4.06. The van der Waals surface area contributed by atoms with Gasteiger partial charge >= 0.3 is 6.03 Å². The van der Waals surface area contributed by atoms with E-state index in [0.717, 1.165) is 5.56 Å². The van der Waals surface area contributed by atoms with E-state index in [-0.39, 0.29) is 18.1 Å². The van der Waals surface area contributed by atoms with E-state index in [1.54, 1.807) is 17.5 Å². The zero-order chi connectivity index (χ0) is 17.5. The summed E-state index contributed by atoms with van der Waals surface area (Å²) in [4.78, 5) is 20.8. The number of nitrogens with one attached hydrogen (secondary N) is 1. The van der Waals surface area contributed by atoms with Crippen LogP contribution < -0.4 is 5.32 Å². The molecule has 2 amide bonds. The molecular weight excluding hydrogens is 320 g/mol. The molecule has 2 aromatic heterocycles. The summed E-state index contributed by atoms with van der Waals surface area (Å²) < 4.78 is 0. The third kappa shape index (κ3) is 4.55. The molecule has 0 spiro atoms. The SMILES string of the molecule is CCN(C(=O)NC[C@@H](c1ccsc1)N(C)C)[C@H](C)c1cccnc1. The van der Waals surface area contributed by atoms with Crippen molar-refractivity contribution in [3.05, 3.63) is 52.5 Å². The van der Waals surface area contributed by atoms with Gasteiger partial charge in [0.25, 0.3) is 0 Å². The van der Waals surface area contributed by atoms with E-state index in [1.165, 1.54) is 5.56 Å². The topological polar surface area (TPSA) is 48.5 Å². The lowest BCUT2D eigenvalue weighted by Gasteiger charge is -2.30. The summed E-state index contributed by atoms with van der Waals surface area (Å²) in [5.41, 5.74) is 2.27. The molecule has 0 aliphatic carbocycles. The number of carbonyl (C=O) groups excluding carboxylic acids is 1. The second-order valence-corrected chi connectivity index (χ2v) is 6.75. The van der Waals surface area contributed by atoms with Gasteiger partial charge in [0.2, 0.25) is 0 Å². The molecule has 2 rings (SSSR count). The average Bonchev–Trinajstić information content (AvgIpc) is 3.10. The van der Waals surface area contributed by atoms with E-state index in [2.05, 4.69) is 32.0 Å². The highest BCUT2D eigenvalue weighted by molar-refractivity contribution is 7.07. The Balaban J connectivity index is 2.01. The van der Waals surface area contributed by atoms with E-state index >= 15 is 0 Å². The summed E-state index contributed by atoms with van der Waals surface area (Å²) in [5, 5.41) is 7.28. The Hall–Kier alpha value is -1.92. The molecule has 0 radical (unpaired) electrons. The molecule has 2 aromatic rings. The van der Waals surface area contributed by atoms with Crippen LogP contribution in [0.2, 0.25) is 0 Å². The normalized spacial score (nSPS) is 13.5. The van der Waals surface area contributed by atoms with Crippen LogP contribution in [0.25, 0.3) is 0 Å². The van der Waals surface area contributed by atoms with E-state index in [9.17, 15) is 4.79 Å². The van der Waals surface area contributed by atoms with Crippen LogP contribution in [0.5, 0.6) is 0 Å². The number of aromatic nitrogens is 1. The molecular formula is C18H26N4OS. The minimum absolute atomic E-state index is 0.0114. The lowest BCUT2D eigenvalue weighted by molar-refractivity contribution is 0.178. The maximum absolute atomic E-state index is 12.7. The van der Waals surface area contributed by atoms with E-state index < -0.39 is 0 Å². The van der Waals surface area contributed by atoms with Crippen LogP contribution in [0.4, 0.5) is 4.79 Å². The minimum atomic E-state index is -0.0454. The molecule has 2 heterocycles. The first kappa shape index (κ1) is 18.4. The Kier molecular flexibility index (Phi) is 6.75. The molecule has 24 heavy (non-hydrogen) atoms. The molecule has 0 saturated carbocycles. The molecule has 0 saturated heterocycles. The predicted molar refractivity (Wildman–Crippen MR) is 99.2 cm³/mol. The number of hydrogen-bond acceptors (Lipinski definition) is 4. The van der Waals surface area contributed by atoms with Gasteiger partial charge < -0.3 is 15.1 Å². The number of nitrogens with zero attached hydrogens (tertiary/aromatic N) is 3. The quantitative estimate of drug-likeness (QED) is 0.834. The third-order valence-electron chi connectivity index (χ3n) is 4.23. The second-order valence-electron chi connectivity index (χ2n) is 5.97. The molecule has 130 valence electrons. The average molecular weight is 347 g/mol. The minimum Gasteiger partial charge on any atom is -0.336 e. The van der Waals surface area contributed by atoms with Crippen molar-refractivity contribution in [1.29, 1.82) is 0 Å². The van der Waals surface area contributed by atoms with Crippen molar-refractivity contribution >= 4 is 17.4 Å². The molecule has 6 heteroatoms. The van der Waals surface area contributed by atoms with E-state index in [0.29, 0.717) is 13.1 Å². The first-order chi connectivity index (χ1) is 11.5. The Bertz CT molecular complexity index is 615. The fourth-order valence-corrected chi connectivity index (χ4v) is 3.45. The van der Waals surface area contributed by atoms with Gasteiger partial charge in [0.1, 0.15) is 0 Å². The molecule has 0 aliphatic heterocycles. The first-order valence-electron chi connectivity index (χ1n) is 8.17. The highest BCUT2D eigenvalue weighted by Gasteiger charge is 2.22. The fraction of sp³-hybridized carbons (Fsp3) is 0.444. The third-order valence-corrected chi connectivity index (χ3v) is 4.94. The van der Waals surface area contributed by atoms with Gasteiger partial charge in [0.05, 0.1) is 12.1 Å². The maximum atomic E-state index is 12.7. The number of thiophene rings is 1. The van der Waals surface area contributed by atoms with Crippen LogP contribution in [0.1, 0.15) is 37.1 Å². The largest absolute Gasteiger partial charge is 0.336 e. The number of amides is 2. The number of pyridine rings is 1. The van der Waals surface area contributed by atoms with Gasteiger partial charge in [-0.3, -0.25) is 4.98 Å². The zero-order valence-corrected chi connectivity index (χ0v) is 15.6. The number of urea groups is 1. The van der Waals surface area contributed by atoms with Gasteiger partial charge in [-0.25, -0.2) is 4.79 Å². The summed E-state index contributed by atoms with van der Waals surface area (Å²) in [5.74, 6) is 0. The first-order valence-corrected chi connectivity index (χ1v) is 9.11. The molecule has 0 fully saturated rings. The number of rotatable bonds is 7. The summed E-state index contributed by atoms with van der Waals surface area (Å²) >= 11 is 1.68. The molecule has 0 aromatic carbocycles. The zero-order valence-electron chi connectivity index (χ0n) is 14.8. The molecule has 1 N–H and O–H groups in total. The van der Waals surface area contributed by atoms with Crippen molar-refractivity contribution < 1.29 is 4.79 Å². The lowest BCUT2D eigenvalue weighted by atomic mass is 10.1. The van der Waals surface area contributed by atoms with Crippen LogP contribution in [0, 0.1) is 0 Å². The Morgan fingerprint density at radius 3 is 2.67 bits per heavy atom. The smallest absolute Gasteiger partial charge is 0.317 e. The highest BCUT2D eigenvalue weighted by atomic mass is 32.1. The Morgan fingerprint density at radius 2 is 2.12 bits per heavy atom. The summed E-state index contributed by atoms with van der Waals surface area (Å²) in [6.07, 6.45) is 3.56. The van der Waals surface area contributed by atoms with Gasteiger partial charge in [-0.05, 0) is 62.0 Å². The Labute approximate surface area is 148 Å². The van der Waals surface area contributed by atoms with E-state index in [1.807, 2.05) is 51.2 Å². The molecule has 5 nitrogen and oxygen atoms in total. The van der Waals surface area contributed by atoms with Crippen LogP contribution in [0.3, 0.4) is 0 Å². The maximum Gasteiger partial charge on any atom is 0.317 e. The fourth-order valence-electron chi connectivity index (χ4n) is 2.75.